The number of benzene rings is 2. The van der Waals surface area contributed by atoms with E-state index in [9.17, 15) is 13.2 Å². The monoisotopic (exact) mass is 444 g/mol. The maximum atomic E-state index is 12.4. The maximum absolute atomic E-state index is 12.4. The minimum Gasteiger partial charge on any atom is -0.324 e. The van der Waals surface area contributed by atoms with Gasteiger partial charge in [0.2, 0.25) is 15.9 Å². The molecule has 5 nitrogen and oxygen atoms in total. The molecule has 134 valence electrons. The smallest absolute Gasteiger partial charge is 0.245 e. The van der Waals surface area contributed by atoms with Gasteiger partial charge in [0.25, 0.3) is 0 Å². The van der Waals surface area contributed by atoms with Gasteiger partial charge in [0, 0.05) is 10.2 Å². The molecule has 0 atom stereocenters. The third-order valence-electron chi connectivity index (χ3n) is 3.74. The Hall–Kier alpha value is -1.57. The lowest BCUT2D eigenvalue weighted by Crippen LogP contribution is -2.38. The lowest BCUT2D eigenvalue weighted by Gasteiger charge is -2.24. The van der Waals surface area contributed by atoms with Crippen molar-refractivity contribution in [1.82, 2.24) is 0 Å². The Labute approximate surface area is 161 Å². The first-order valence-corrected chi connectivity index (χ1v) is 10.4. The summed E-state index contributed by atoms with van der Waals surface area (Å²) in [5.74, 6) is -0.454. The molecular weight excluding hydrogens is 428 g/mol. The van der Waals surface area contributed by atoms with Crippen LogP contribution in [0.4, 0.5) is 11.4 Å². The van der Waals surface area contributed by atoms with Crippen LogP contribution in [0.3, 0.4) is 0 Å². The molecule has 1 amide bonds. The molecule has 0 aliphatic rings. The second kappa shape index (κ2) is 7.76. The second-order valence-electron chi connectivity index (χ2n) is 5.67. The van der Waals surface area contributed by atoms with E-state index in [1.54, 1.807) is 30.3 Å². The summed E-state index contributed by atoms with van der Waals surface area (Å²) in [6.07, 6.45) is 1.08. The maximum Gasteiger partial charge on any atom is 0.245 e. The van der Waals surface area contributed by atoms with Crippen LogP contribution < -0.4 is 9.62 Å². The summed E-state index contributed by atoms with van der Waals surface area (Å²) >= 11 is 9.28. The van der Waals surface area contributed by atoms with Crippen LogP contribution in [-0.2, 0) is 14.8 Å². The SMILES string of the molecule is Cc1cccc(N(CC(=O)Nc2ccc(Br)c(Cl)c2)S(C)(=O)=O)c1C. The Morgan fingerprint density at radius 3 is 2.52 bits per heavy atom. The van der Waals surface area contributed by atoms with Gasteiger partial charge in [-0.2, -0.15) is 0 Å². The van der Waals surface area contributed by atoms with Gasteiger partial charge in [0.05, 0.1) is 17.0 Å². The molecule has 2 aromatic rings. The summed E-state index contributed by atoms with van der Waals surface area (Å²) in [6, 6.07) is 10.3. The Bertz CT molecular complexity index is 916. The average Bonchev–Trinajstić information content (AvgIpc) is 2.51. The molecule has 0 heterocycles. The molecule has 2 rings (SSSR count). The van der Waals surface area contributed by atoms with Crippen LogP contribution in [0.2, 0.25) is 5.02 Å². The molecule has 0 radical (unpaired) electrons. The summed E-state index contributed by atoms with van der Waals surface area (Å²) in [4.78, 5) is 12.4. The van der Waals surface area contributed by atoms with Crippen molar-refractivity contribution in [2.45, 2.75) is 13.8 Å². The van der Waals surface area contributed by atoms with Gasteiger partial charge in [0.1, 0.15) is 6.54 Å². The molecule has 1 N–H and O–H groups in total. The normalized spacial score (nSPS) is 11.2. The molecule has 0 aromatic heterocycles. The predicted octanol–water partition coefficient (Wildman–Crippen LogP) is 4.12. The van der Waals surface area contributed by atoms with E-state index in [0.29, 0.717) is 20.9 Å². The Kier molecular flexibility index (Phi) is 6.13. The second-order valence-corrected chi connectivity index (χ2v) is 8.83. The topological polar surface area (TPSA) is 66.5 Å². The van der Waals surface area contributed by atoms with E-state index in [0.717, 1.165) is 21.7 Å². The van der Waals surface area contributed by atoms with Gasteiger partial charge in [-0.05, 0) is 65.2 Å². The quantitative estimate of drug-likeness (QED) is 0.752. The third kappa shape index (κ3) is 4.96. The molecule has 2 aromatic carbocycles. The molecule has 0 spiro atoms. The van der Waals surface area contributed by atoms with Crippen LogP contribution in [-0.4, -0.2) is 27.1 Å². The molecule has 0 bridgehead atoms. The molecular formula is C17H18BrClN2O3S. The first kappa shape index (κ1) is 19.8. The molecule has 0 saturated carbocycles. The zero-order valence-corrected chi connectivity index (χ0v) is 17.2. The highest BCUT2D eigenvalue weighted by Gasteiger charge is 2.23. The third-order valence-corrected chi connectivity index (χ3v) is 6.09. The fourth-order valence-corrected chi connectivity index (χ4v) is 3.63. The minimum absolute atomic E-state index is 0.323. The Morgan fingerprint density at radius 1 is 1.24 bits per heavy atom. The van der Waals surface area contributed by atoms with Crippen LogP contribution >= 0.6 is 27.5 Å². The van der Waals surface area contributed by atoms with Crippen LogP contribution in [0.5, 0.6) is 0 Å². The molecule has 25 heavy (non-hydrogen) atoms. The zero-order chi connectivity index (χ0) is 18.8. The lowest BCUT2D eigenvalue weighted by atomic mass is 10.1. The fourth-order valence-electron chi connectivity index (χ4n) is 2.29. The number of sulfonamides is 1. The van der Waals surface area contributed by atoms with Crippen LogP contribution in [0, 0.1) is 13.8 Å². The number of nitrogens with one attached hydrogen (secondary N) is 1. The lowest BCUT2D eigenvalue weighted by molar-refractivity contribution is -0.114. The van der Waals surface area contributed by atoms with Crippen molar-refractivity contribution < 1.29 is 13.2 Å². The summed E-state index contributed by atoms with van der Waals surface area (Å²) in [7, 11) is -3.62. The summed E-state index contributed by atoms with van der Waals surface area (Å²) in [6.45, 7) is 3.40. The summed E-state index contributed by atoms with van der Waals surface area (Å²) in [5, 5.41) is 3.12. The molecule has 0 aliphatic heterocycles. The van der Waals surface area contributed by atoms with Gasteiger partial charge in [-0.25, -0.2) is 8.42 Å². The van der Waals surface area contributed by atoms with Gasteiger partial charge in [-0.3, -0.25) is 9.10 Å². The number of rotatable bonds is 5. The highest BCUT2D eigenvalue weighted by Crippen LogP contribution is 2.27. The predicted molar refractivity (Wildman–Crippen MR) is 106 cm³/mol. The van der Waals surface area contributed by atoms with E-state index < -0.39 is 15.9 Å². The number of nitrogens with zero attached hydrogens (tertiary/aromatic N) is 1. The van der Waals surface area contributed by atoms with Crippen molar-refractivity contribution in [2.24, 2.45) is 0 Å². The largest absolute Gasteiger partial charge is 0.324 e. The summed E-state index contributed by atoms with van der Waals surface area (Å²) in [5.41, 5.74) is 2.75. The number of anilines is 2. The van der Waals surface area contributed by atoms with Crippen molar-refractivity contribution in [3.05, 3.63) is 57.0 Å². The van der Waals surface area contributed by atoms with E-state index >= 15 is 0 Å². The Balaban J connectivity index is 2.27. The molecule has 0 saturated heterocycles. The molecule has 0 aliphatic carbocycles. The van der Waals surface area contributed by atoms with Crippen molar-refractivity contribution in [1.29, 1.82) is 0 Å². The Morgan fingerprint density at radius 2 is 1.92 bits per heavy atom. The molecule has 8 heteroatoms. The van der Waals surface area contributed by atoms with Crippen LogP contribution in [0.25, 0.3) is 0 Å². The molecule has 0 unspecified atom stereocenters. The van der Waals surface area contributed by atoms with E-state index in [1.807, 2.05) is 19.9 Å². The van der Waals surface area contributed by atoms with E-state index in [1.165, 1.54) is 0 Å². The first-order valence-electron chi connectivity index (χ1n) is 7.38. The van der Waals surface area contributed by atoms with Crippen molar-refractivity contribution in [2.75, 3.05) is 22.4 Å². The van der Waals surface area contributed by atoms with Crippen molar-refractivity contribution >= 4 is 54.8 Å². The number of amides is 1. The fraction of sp³-hybridized carbons (Fsp3) is 0.235. The van der Waals surface area contributed by atoms with E-state index in [-0.39, 0.29) is 6.54 Å². The van der Waals surface area contributed by atoms with Crippen molar-refractivity contribution in [3.8, 4) is 0 Å². The number of hydrogen-bond donors (Lipinski definition) is 1. The number of hydrogen-bond acceptors (Lipinski definition) is 3. The standard InChI is InChI=1S/C17H18BrClN2O3S/c1-11-5-4-6-16(12(11)2)21(25(3,23)24)10-17(22)20-13-7-8-14(18)15(19)9-13/h4-9H,10H2,1-3H3,(H,20,22). The van der Waals surface area contributed by atoms with E-state index in [4.69, 9.17) is 11.6 Å². The summed E-state index contributed by atoms with van der Waals surface area (Å²) < 4.78 is 26.2. The van der Waals surface area contributed by atoms with Gasteiger partial charge >= 0.3 is 0 Å². The highest BCUT2D eigenvalue weighted by atomic mass is 79.9. The van der Waals surface area contributed by atoms with Crippen molar-refractivity contribution in [3.63, 3.8) is 0 Å². The minimum atomic E-state index is -3.62. The number of halogens is 2. The number of carbonyl (C=O) groups is 1. The highest BCUT2D eigenvalue weighted by molar-refractivity contribution is 9.10. The van der Waals surface area contributed by atoms with Gasteiger partial charge in [0.15, 0.2) is 0 Å². The van der Waals surface area contributed by atoms with Gasteiger partial charge < -0.3 is 5.32 Å². The van der Waals surface area contributed by atoms with Gasteiger partial charge in [-0.1, -0.05) is 23.7 Å². The van der Waals surface area contributed by atoms with Crippen LogP contribution in [0.15, 0.2) is 40.9 Å². The average molecular weight is 446 g/mol. The first-order chi connectivity index (χ1) is 11.6. The van der Waals surface area contributed by atoms with E-state index in [2.05, 4.69) is 21.2 Å². The number of aryl methyl sites for hydroxylation is 1. The molecule has 0 fully saturated rings. The van der Waals surface area contributed by atoms with Gasteiger partial charge in [-0.15, -0.1) is 0 Å². The number of carbonyl (C=O) groups excluding carboxylic acids is 1. The van der Waals surface area contributed by atoms with Crippen LogP contribution in [0.1, 0.15) is 11.1 Å². The zero-order valence-electron chi connectivity index (χ0n) is 14.0.